The third-order valence-electron chi connectivity index (χ3n) is 12.3. The Hall–Kier alpha value is -7.42. The van der Waals surface area contributed by atoms with E-state index in [1.54, 1.807) is 0 Å². The van der Waals surface area contributed by atoms with Crippen molar-refractivity contribution in [1.82, 2.24) is 9.97 Å². The lowest BCUT2D eigenvalue weighted by atomic mass is 9.81. The standard InChI is InChI=1S/C57H40N2/c1-57(2)51-26-14-25-47(55(51)50-33-42-19-9-10-20-43(42)35-52(50)57)40-29-27-39(28-30-40)46-24-13-21-38-31-32-44(34-49(38)46)53-36-54(59-56(58-53)41-17-7-4-8-18-41)48-23-12-11-22-45(48)37-15-5-3-6-16-37/h3-36H,1-2H3. The molecule has 1 heterocycles. The van der Waals surface area contributed by atoms with Crippen molar-refractivity contribution in [2.24, 2.45) is 0 Å². The smallest absolute Gasteiger partial charge is 0.160 e. The summed E-state index contributed by atoms with van der Waals surface area (Å²) in [4.78, 5) is 10.4. The van der Waals surface area contributed by atoms with Gasteiger partial charge < -0.3 is 0 Å². The van der Waals surface area contributed by atoms with Crippen LogP contribution in [0.3, 0.4) is 0 Å². The lowest BCUT2D eigenvalue weighted by Crippen LogP contribution is -2.14. The normalized spacial score (nSPS) is 12.7. The van der Waals surface area contributed by atoms with Gasteiger partial charge in [0.2, 0.25) is 0 Å². The van der Waals surface area contributed by atoms with Crippen LogP contribution >= 0.6 is 0 Å². The lowest BCUT2D eigenvalue weighted by molar-refractivity contribution is 0.661. The van der Waals surface area contributed by atoms with Gasteiger partial charge in [-0.15, -0.1) is 0 Å². The van der Waals surface area contributed by atoms with Gasteiger partial charge in [-0.2, -0.15) is 0 Å². The van der Waals surface area contributed by atoms with Crippen LogP contribution in [0.4, 0.5) is 0 Å². The maximum absolute atomic E-state index is 5.22. The molecule has 278 valence electrons. The number of aromatic nitrogens is 2. The summed E-state index contributed by atoms with van der Waals surface area (Å²) in [6.45, 7) is 4.73. The van der Waals surface area contributed by atoms with E-state index >= 15 is 0 Å². The Balaban J connectivity index is 1.01. The third kappa shape index (κ3) is 5.96. The zero-order valence-electron chi connectivity index (χ0n) is 33.0. The van der Waals surface area contributed by atoms with E-state index in [9.17, 15) is 0 Å². The molecule has 10 aromatic rings. The maximum atomic E-state index is 5.22. The van der Waals surface area contributed by atoms with Crippen molar-refractivity contribution in [3.05, 3.63) is 217 Å². The van der Waals surface area contributed by atoms with Gasteiger partial charge in [0.1, 0.15) is 0 Å². The van der Waals surface area contributed by atoms with E-state index < -0.39 is 0 Å². The molecular weight excluding hydrogens is 713 g/mol. The largest absolute Gasteiger partial charge is 0.228 e. The zero-order valence-corrected chi connectivity index (χ0v) is 33.0. The van der Waals surface area contributed by atoms with Crippen molar-refractivity contribution in [2.75, 3.05) is 0 Å². The number of fused-ring (bicyclic) bond motifs is 5. The van der Waals surface area contributed by atoms with E-state index in [-0.39, 0.29) is 5.41 Å². The summed E-state index contributed by atoms with van der Waals surface area (Å²) in [7, 11) is 0. The van der Waals surface area contributed by atoms with Gasteiger partial charge in [-0.05, 0) is 101 Å². The second-order valence-corrected chi connectivity index (χ2v) is 16.2. The lowest BCUT2D eigenvalue weighted by Gasteiger charge is -2.22. The molecule has 0 unspecified atom stereocenters. The first-order chi connectivity index (χ1) is 29.0. The highest BCUT2D eigenvalue weighted by Gasteiger charge is 2.37. The van der Waals surface area contributed by atoms with Gasteiger partial charge in [-0.3, -0.25) is 0 Å². The van der Waals surface area contributed by atoms with Crippen LogP contribution in [-0.4, -0.2) is 9.97 Å². The summed E-state index contributed by atoms with van der Waals surface area (Å²) in [6, 6.07) is 74.3. The molecule has 1 aliphatic carbocycles. The first kappa shape index (κ1) is 34.8. The fourth-order valence-electron chi connectivity index (χ4n) is 9.25. The number of rotatable bonds is 6. The SMILES string of the molecule is CC1(C)c2cc3ccccc3cc2-c2c(-c3ccc(-c4cccc5ccc(-c6cc(-c7ccccc7-c7ccccc7)nc(-c7ccccc7)n6)cc45)cc3)cccc21. The average Bonchev–Trinajstić information content (AvgIpc) is 3.53. The van der Waals surface area contributed by atoms with Crippen molar-refractivity contribution in [3.8, 4) is 78.4 Å². The topological polar surface area (TPSA) is 25.8 Å². The van der Waals surface area contributed by atoms with Crippen LogP contribution in [0.5, 0.6) is 0 Å². The van der Waals surface area contributed by atoms with Crippen LogP contribution in [0.25, 0.3) is 100.0 Å². The Morgan fingerprint density at radius 2 is 0.864 bits per heavy atom. The Bertz CT molecular complexity index is 3220. The van der Waals surface area contributed by atoms with Gasteiger partial charge in [0.15, 0.2) is 5.82 Å². The summed E-state index contributed by atoms with van der Waals surface area (Å²) in [5.74, 6) is 0.705. The number of hydrogen-bond donors (Lipinski definition) is 0. The van der Waals surface area contributed by atoms with E-state index in [4.69, 9.17) is 9.97 Å². The monoisotopic (exact) mass is 752 g/mol. The fourth-order valence-corrected chi connectivity index (χ4v) is 9.25. The van der Waals surface area contributed by atoms with Crippen molar-refractivity contribution < 1.29 is 0 Å². The zero-order chi connectivity index (χ0) is 39.5. The van der Waals surface area contributed by atoms with Crippen molar-refractivity contribution in [2.45, 2.75) is 19.3 Å². The molecule has 0 N–H and O–H groups in total. The van der Waals surface area contributed by atoms with E-state index in [0.717, 1.165) is 39.2 Å². The van der Waals surface area contributed by atoms with Crippen LogP contribution in [0, 0.1) is 0 Å². The van der Waals surface area contributed by atoms with E-state index in [0.29, 0.717) is 5.82 Å². The Labute approximate surface area is 345 Å². The summed E-state index contributed by atoms with van der Waals surface area (Å²) in [5.41, 5.74) is 17.5. The van der Waals surface area contributed by atoms with Gasteiger partial charge in [0.05, 0.1) is 11.4 Å². The van der Waals surface area contributed by atoms with E-state index in [1.807, 2.05) is 18.2 Å². The molecule has 2 heteroatoms. The van der Waals surface area contributed by atoms with Crippen molar-refractivity contribution in [1.29, 1.82) is 0 Å². The molecule has 0 saturated carbocycles. The highest BCUT2D eigenvalue weighted by Crippen LogP contribution is 2.53. The number of nitrogens with zero attached hydrogens (tertiary/aromatic N) is 2. The summed E-state index contributed by atoms with van der Waals surface area (Å²) < 4.78 is 0. The molecule has 1 aromatic heterocycles. The maximum Gasteiger partial charge on any atom is 0.160 e. The van der Waals surface area contributed by atoms with Crippen LogP contribution < -0.4 is 0 Å². The minimum Gasteiger partial charge on any atom is -0.228 e. The summed E-state index contributed by atoms with van der Waals surface area (Å²) in [5, 5.41) is 4.95. The average molecular weight is 753 g/mol. The molecule has 0 aliphatic heterocycles. The fraction of sp³-hybridized carbons (Fsp3) is 0.0526. The van der Waals surface area contributed by atoms with Crippen LogP contribution in [0.2, 0.25) is 0 Å². The molecule has 0 bridgehead atoms. The van der Waals surface area contributed by atoms with Gasteiger partial charge in [-0.1, -0.05) is 196 Å². The first-order valence-electron chi connectivity index (χ1n) is 20.4. The number of benzene rings is 9. The quantitative estimate of drug-likeness (QED) is 0.169. The molecule has 2 nitrogen and oxygen atoms in total. The van der Waals surface area contributed by atoms with E-state index in [1.165, 1.54) is 66.1 Å². The predicted molar refractivity (Wildman–Crippen MR) is 247 cm³/mol. The van der Waals surface area contributed by atoms with E-state index in [2.05, 4.69) is 202 Å². The molecule has 9 aromatic carbocycles. The molecule has 0 amide bonds. The molecule has 0 atom stereocenters. The second kappa shape index (κ2) is 13.9. The Morgan fingerprint density at radius 3 is 1.63 bits per heavy atom. The minimum absolute atomic E-state index is 0.0805. The van der Waals surface area contributed by atoms with Gasteiger partial charge in [0.25, 0.3) is 0 Å². The first-order valence-corrected chi connectivity index (χ1v) is 20.4. The van der Waals surface area contributed by atoms with Gasteiger partial charge >= 0.3 is 0 Å². The van der Waals surface area contributed by atoms with Crippen LogP contribution in [-0.2, 0) is 5.41 Å². The molecule has 0 fully saturated rings. The predicted octanol–water partition coefficient (Wildman–Crippen LogP) is 15.1. The Kier molecular flexibility index (Phi) is 8.20. The van der Waals surface area contributed by atoms with Crippen LogP contribution in [0.1, 0.15) is 25.0 Å². The summed E-state index contributed by atoms with van der Waals surface area (Å²) >= 11 is 0. The van der Waals surface area contributed by atoms with Gasteiger partial charge in [-0.25, -0.2) is 9.97 Å². The summed E-state index contributed by atoms with van der Waals surface area (Å²) in [6.07, 6.45) is 0. The van der Waals surface area contributed by atoms with Crippen LogP contribution in [0.15, 0.2) is 206 Å². The van der Waals surface area contributed by atoms with Crippen molar-refractivity contribution >= 4 is 21.5 Å². The number of hydrogen-bond acceptors (Lipinski definition) is 2. The molecule has 0 radical (unpaired) electrons. The Morgan fingerprint density at radius 1 is 0.322 bits per heavy atom. The molecular formula is C57H40N2. The highest BCUT2D eigenvalue weighted by atomic mass is 14.9. The van der Waals surface area contributed by atoms with Gasteiger partial charge in [0, 0.05) is 22.1 Å². The molecule has 0 saturated heterocycles. The molecule has 59 heavy (non-hydrogen) atoms. The molecule has 11 rings (SSSR count). The second-order valence-electron chi connectivity index (χ2n) is 16.2. The highest BCUT2D eigenvalue weighted by molar-refractivity contribution is 6.01. The molecule has 0 spiro atoms. The third-order valence-corrected chi connectivity index (χ3v) is 12.3. The molecule has 1 aliphatic rings. The minimum atomic E-state index is -0.0805. The van der Waals surface area contributed by atoms with Crippen molar-refractivity contribution in [3.63, 3.8) is 0 Å².